The summed E-state index contributed by atoms with van der Waals surface area (Å²) >= 11 is 0. The van der Waals surface area contributed by atoms with Crippen LogP contribution in [0.15, 0.2) is 24.3 Å². The van der Waals surface area contributed by atoms with Crippen molar-refractivity contribution >= 4 is 23.7 Å². The molecule has 1 aromatic rings. The van der Waals surface area contributed by atoms with Crippen molar-refractivity contribution in [2.45, 2.75) is 26.7 Å². The fourth-order valence-electron chi connectivity index (χ4n) is 3.75. The van der Waals surface area contributed by atoms with E-state index in [1.807, 2.05) is 13.8 Å². The maximum absolute atomic E-state index is 12.5. The van der Waals surface area contributed by atoms with Crippen molar-refractivity contribution in [3.63, 3.8) is 0 Å². The Morgan fingerprint density at radius 2 is 1.73 bits per heavy atom. The van der Waals surface area contributed by atoms with Crippen LogP contribution in [-0.2, 0) is 9.59 Å². The van der Waals surface area contributed by atoms with E-state index in [2.05, 4.69) is 0 Å². The second-order valence-corrected chi connectivity index (χ2v) is 7.24. The summed E-state index contributed by atoms with van der Waals surface area (Å²) in [6, 6.07) is 6.59. The van der Waals surface area contributed by atoms with Crippen LogP contribution in [0.1, 0.15) is 47.4 Å². The fraction of sp³-hybridized carbons (Fsp3) is 0.474. The van der Waals surface area contributed by atoms with Gasteiger partial charge in [0.05, 0.1) is 16.5 Å². The monoisotopic (exact) mass is 358 g/mol. The highest BCUT2D eigenvalue weighted by molar-refractivity contribution is 6.21. The molecule has 0 spiro atoms. The molecular formula is C19H22N2O5. The number of fused-ring (bicyclic) bond motifs is 1. The summed E-state index contributed by atoms with van der Waals surface area (Å²) in [7, 11) is 0. The Balaban J connectivity index is 1.63. The van der Waals surface area contributed by atoms with E-state index in [4.69, 9.17) is 0 Å². The first kappa shape index (κ1) is 18.1. The average Bonchev–Trinajstić information content (AvgIpc) is 3.16. The molecule has 0 radical (unpaired) electrons. The number of amides is 3. The molecule has 7 nitrogen and oxygen atoms in total. The molecule has 3 rings (SSSR count). The summed E-state index contributed by atoms with van der Waals surface area (Å²) in [6.45, 7) is 4.25. The normalized spacial score (nSPS) is 22.3. The van der Waals surface area contributed by atoms with Gasteiger partial charge in [-0.2, -0.15) is 0 Å². The van der Waals surface area contributed by atoms with E-state index in [1.165, 1.54) is 4.90 Å². The molecule has 1 atom stereocenters. The topological polar surface area (TPSA) is 95.0 Å². The highest BCUT2D eigenvalue weighted by Crippen LogP contribution is 2.38. The summed E-state index contributed by atoms with van der Waals surface area (Å²) in [5.74, 6) is -1.98. The van der Waals surface area contributed by atoms with Crippen molar-refractivity contribution in [1.29, 1.82) is 0 Å². The molecule has 1 fully saturated rings. The molecule has 0 saturated carbocycles. The second-order valence-electron chi connectivity index (χ2n) is 7.24. The van der Waals surface area contributed by atoms with Gasteiger partial charge in [0.1, 0.15) is 0 Å². The second kappa shape index (κ2) is 6.55. The number of aliphatic carboxylic acids is 1. The third kappa shape index (κ3) is 2.77. The fourth-order valence-corrected chi connectivity index (χ4v) is 3.75. The van der Waals surface area contributed by atoms with Crippen LogP contribution >= 0.6 is 0 Å². The summed E-state index contributed by atoms with van der Waals surface area (Å²) in [5.41, 5.74) is -0.211. The Kier molecular flexibility index (Phi) is 4.56. The van der Waals surface area contributed by atoms with E-state index in [-0.39, 0.29) is 43.1 Å². The van der Waals surface area contributed by atoms with Crippen LogP contribution in [0.3, 0.4) is 0 Å². The Hall–Kier alpha value is -2.70. The molecule has 1 saturated heterocycles. The van der Waals surface area contributed by atoms with Crippen LogP contribution in [0.5, 0.6) is 0 Å². The number of carbonyl (C=O) groups excluding carboxylic acids is 3. The van der Waals surface area contributed by atoms with Crippen LogP contribution in [0.4, 0.5) is 0 Å². The Morgan fingerprint density at radius 3 is 2.19 bits per heavy atom. The summed E-state index contributed by atoms with van der Waals surface area (Å²) < 4.78 is 0. The maximum Gasteiger partial charge on any atom is 0.311 e. The zero-order chi connectivity index (χ0) is 19.1. The van der Waals surface area contributed by atoms with Crippen LogP contribution in [0, 0.1) is 11.3 Å². The quantitative estimate of drug-likeness (QED) is 0.807. The Bertz CT molecular complexity index is 753. The lowest BCUT2D eigenvalue weighted by atomic mass is 9.76. The predicted octanol–water partition coefficient (Wildman–Crippen LogP) is 1.63. The minimum atomic E-state index is -0.925. The van der Waals surface area contributed by atoms with E-state index in [0.29, 0.717) is 24.1 Å². The molecule has 1 N–H and O–H groups in total. The van der Waals surface area contributed by atoms with E-state index >= 15 is 0 Å². The lowest BCUT2D eigenvalue weighted by Crippen LogP contribution is -2.41. The molecule has 0 aromatic heterocycles. The summed E-state index contributed by atoms with van der Waals surface area (Å²) in [6.07, 6.45) is 0.415. The van der Waals surface area contributed by atoms with Gasteiger partial charge in [-0.15, -0.1) is 0 Å². The highest BCUT2D eigenvalue weighted by atomic mass is 16.4. The number of imide groups is 1. The molecule has 2 aliphatic rings. The van der Waals surface area contributed by atoms with Gasteiger partial charge in [0.25, 0.3) is 11.8 Å². The molecular weight excluding hydrogens is 336 g/mol. The number of hydrogen-bond donors (Lipinski definition) is 1. The first-order valence-corrected chi connectivity index (χ1v) is 8.74. The number of benzene rings is 1. The van der Waals surface area contributed by atoms with Crippen molar-refractivity contribution in [3.8, 4) is 0 Å². The third-order valence-corrected chi connectivity index (χ3v) is 5.61. The van der Waals surface area contributed by atoms with Gasteiger partial charge in [-0.3, -0.25) is 24.1 Å². The smallest absolute Gasteiger partial charge is 0.311 e. The zero-order valence-electron chi connectivity index (χ0n) is 14.9. The molecule has 7 heteroatoms. The van der Waals surface area contributed by atoms with Crippen LogP contribution < -0.4 is 0 Å². The predicted molar refractivity (Wildman–Crippen MR) is 92.5 cm³/mol. The van der Waals surface area contributed by atoms with Crippen molar-refractivity contribution in [2.24, 2.45) is 11.3 Å². The number of hydrogen-bond acceptors (Lipinski definition) is 4. The molecule has 26 heavy (non-hydrogen) atoms. The van der Waals surface area contributed by atoms with Gasteiger partial charge in [-0.1, -0.05) is 26.0 Å². The SMILES string of the molecule is CC(C)C1(C(=O)O)CCN(C(=O)CCN2C(=O)c3ccccc3C2=O)C1. The molecule has 138 valence electrons. The van der Waals surface area contributed by atoms with Crippen molar-refractivity contribution in [3.05, 3.63) is 35.4 Å². The minimum absolute atomic E-state index is 0.000731. The summed E-state index contributed by atoms with van der Waals surface area (Å²) in [4.78, 5) is 51.5. The van der Waals surface area contributed by atoms with Gasteiger partial charge in [0, 0.05) is 26.1 Å². The highest BCUT2D eigenvalue weighted by Gasteiger charge is 2.48. The van der Waals surface area contributed by atoms with E-state index in [1.54, 1.807) is 24.3 Å². The maximum atomic E-state index is 12.5. The van der Waals surface area contributed by atoms with Crippen molar-refractivity contribution in [1.82, 2.24) is 9.80 Å². The Morgan fingerprint density at radius 1 is 1.15 bits per heavy atom. The van der Waals surface area contributed by atoms with Crippen molar-refractivity contribution < 1.29 is 24.3 Å². The molecule has 2 heterocycles. The standard InChI is InChI=1S/C19H22N2O5/c1-12(2)19(18(25)26)8-10-20(11-19)15(22)7-9-21-16(23)13-5-3-4-6-14(13)17(21)24/h3-6,12H,7-11H2,1-2H3,(H,25,26). The lowest BCUT2D eigenvalue weighted by Gasteiger charge is -2.28. The molecule has 1 aromatic carbocycles. The van der Waals surface area contributed by atoms with Gasteiger partial charge in [0.2, 0.25) is 5.91 Å². The number of carboxylic acid groups (broad SMARTS) is 1. The minimum Gasteiger partial charge on any atom is -0.481 e. The van der Waals surface area contributed by atoms with Crippen LogP contribution in [-0.4, -0.2) is 58.2 Å². The average molecular weight is 358 g/mol. The molecule has 0 aliphatic carbocycles. The van der Waals surface area contributed by atoms with Crippen molar-refractivity contribution in [2.75, 3.05) is 19.6 Å². The van der Waals surface area contributed by atoms with Gasteiger partial charge in [0.15, 0.2) is 0 Å². The summed E-state index contributed by atoms with van der Waals surface area (Å²) in [5, 5.41) is 9.57. The number of nitrogens with zero attached hydrogens (tertiary/aromatic N) is 2. The van der Waals surface area contributed by atoms with Gasteiger partial charge in [-0.05, 0) is 24.5 Å². The van der Waals surface area contributed by atoms with Crippen LogP contribution in [0.2, 0.25) is 0 Å². The number of carbonyl (C=O) groups is 4. The number of carboxylic acids is 1. The van der Waals surface area contributed by atoms with Gasteiger partial charge < -0.3 is 10.0 Å². The van der Waals surface area contributed by atoms with Gasteiger partial charge in [-0.25, -0.2) is 0 Å². The Labute approximate surface area is 151 Å². The number of rotatable bonds is 5. The van der Waals surface area contributed by atoms with E-state index in [9.17, 15) is 24.3 Å². The van der Waals surface area contributed by atoms with E-state index < -0.39 is 11.4 Å². The zero-order valence-corrected chi connectivity index (χ0v) is 14.9. The van der Waals surface area contributed by atoms with E-state index in [0.717, 1.165) is 4.90 Å². The molecule has 1 unspecified atom stereocenters. The van der Waals surface area contributed by atoms with Crippen LogP contribution in [0.25, 0.3) is 0 Å². The lowest BCUT2D eigenvalue weighted by molar-refractivity contribution is -0.151. The number of likely N-dealkylation sites (tertiary alicyclic amines) is 1. The molecule has 3 amide bonds. The third-order valence-electron chi connectivity index (χ3n) is 5.61. The molecule has 0 bridgehead atoms. The first-order chi connectivity index (χ1) is 12.3. The largest absolute Gasteiger partial charge is 0.481 e. The first-order valence-electron chi connectivity index (χ1n) is 8.74. The molecule has 2 aliphatic heterocycles. The van der Waals surface area contributed by atoms with Gasteiger partial charge >= 0.3 is 5.97 Å².